The number of furan rings is 1. The van der Waals surface area contributed by atoms with Crippen LogP contribution in [0.4, 0.5) is 0 Å². The Labute approximate surface area is 177 Å². The van der Waals surface area contributed by atoms with Gasteiger partial charge in [-0.15, -0.1) is 10.2 Å². The quantitative estimate of drug-likeness (QED) is 0.404. The summed E-state index contributed by atoms with van der Waals surface area (Å²) in [5, 5.41) is 13.2. The Morgan fingerprint density at radius 3 is 2.62 bits per heavy atom. The Hall–Kier alpha value is -2.64. The van der Waals surface area contributed by atoms with E-state index in [-0.39, 0.29) is 11.9 Å². The molecule has 0 radical (unpaired) electrons. The van der Waals surface area contributed by atoms with Gasteiger partial charge in [0, 0.05) is 16.7 Å². The van der Waals surface area contributed by atoms with E-state index in [4.69, 9.17) is 4.42 Å². The first-order valence-corrected chi connectivity index (χ1v) is 11.1. The lowest BCUT2D eigenvalue weighted by Gasteiger charge is -2.14. The molecular weight excluding hydrogens is 402 g/mol. The van der Waals surface area contributed by atoms with Gasteiger partial charge in [-0.2, -0.15) is 0 Å². The van der Waals surface area contributed by atoms with Crippen molar-refractivity contribution in [2.24, 2.45) is 0 Å². The van der Waals surface area contributed by atoms with Gasteiger partial charge in [-0.05, 0) is 32.4 Å². The first-order chi connectivity index (χ1) is 14.0. The molecule has 0 fully saturated rings. The lowest BCUT2D eigenvalue weighted by molar-refractivity contribution is 0.0913. The standard InChI is InChI=1S/C22H21N3O2S2/c1-13-8-10-16(11-9-13)14(2)23-21(26)20-18(12-28-22-25-24-15(3)29-22)17-6-4-5-7-19(17)27-20/h4-11,14H,12H2,1-3H3,(H,23,26). The number of carbonyl (C=O) groups is 1. The summed E-state index contributed by atoms with van der Waals surface area (Å²) in [7, 11) is 0. The molecule has 1 amide bonds. The fraction of sp³-hybridized carbons (Fsp3) is 0.227. The van der Waals surface area contributed by atoms with Crippen LogP contribution < -0.4 is 5.32 Å². The molecule has 0 aliphatic carbocycles. The Morgan fingerprint density at radius 2 is 1.90 bits per heavy atom. The summed E-state index contributed by atoms with van der Waals surface area (Å²) < 4.78 is 6.83. The van der Waals surface area contributed by atoms with Crippen LogP contribution in [0.5, 0.6) is 0 Å². The van der Waals surface area contributed by atoms with E-state index in [1.54, 1.807) is 23.1 Å². The molecule has 0 bridgehead atoms. The average molecular weight is 424 g/mol. The molecule has 29 heavy (non-hydrogen) atoms. The van der Waals surface area contributed by atoms with E-state index in [2.05, 4.69) is 15.5 Å². The molecular formula is C22H21N3O2S2. The third kappa shape index (κ3) is 4.36. The fourth-order valence-corrected chi connectivity index (χ4v) is 4.94. The lowest BCUT2D eigenvalue weighted by atomic mass is 10.1. The molecule has 5 nitrogen and oxygen atoms in total. The Bertz CT molecular complexity index is 1150. The number of hydrogen-bond acceptors (Lipinski definition) is 6. The summed E-state index contributed by atoms with van der Waals surface area (Å²) in [5.41, 5.74) is 3.84. The first-order valence-electron chi connectivity index (χ1n) is 9.32. The molecule has 2 aromatic carbocycles. The summed E-state index contributed by atoms with van der Waals surface area (Å²) in [4.78, 5) is 13.1. The molecule has 1 N–H and O–H groups in total. The summed E-state index contributed by atoms with van der Waals surface area (Å²) in [5.74, 6) is 0.741. The molecule has 4 aromatic rings. The maximum atomic E-state index is 13.1. The van der Waals surface area contributed by atoms with Crippen molar-refractivity contribution in [1.29, 1.82) is 0 Å². The highest BCUT2D eigenvalue weighted by Crippen LogP contribution is 2.33. The molecule has 148 valence electrons. The molecule has 1 unspecified atom stereocenters. The molecule has 0 saturated carbocycles. The first kappa shape index (κ1) is 19.7. The van der Waals surface area contributed by atoms with E-state index < -0.39 is 0 Å². The molecule has 0 aliphatic rings. The van der Waals surface area contributed by atoms with Crippen LogP contribution in [0.25, 0.3) is 11.0 Å². The highest BCUT2D eigenvalue weighted by Gasteiger charge is 2.22. The van der Waals surface area contributed by atoms with Crippen molar-refractivity contribution < 1.29 is 9.21 Å². The maximum absolute atomic E-state index is 13.1. The van der Waals surface area contributed by atoms with Gasteiger partial charge in [0.2, 0.25) is 0 Å². The second-order valence-corrected chi connectivity index (χ2v) is 9.29. The number of thioether (sulfide) groups is 1. The summed E-state index contributed by atoms with van der Waals surface area (Å²) in [6, 6.07) is 15.8. The number of hydrogen-bond donors (Lipinski definition) is 1. The number of amides is 1. The van der Waals surface area contributed by atoms with Gasteiger partial charge in [0.05, 0.1) is 6.04 Å². The zero-order valence-corrected chi connectivity index (χ0v) is 18.1. The van der Waals surface area contributed by atoms with Crippen molar-refractivity contribution in [1.82, 2.24) is 15.5 Å². The molecule has 0 aliphatic heterocycles. The number of fused-ring (bicyclic) bond motifs is 1. The molecule has 7 heteroatoms. The van der Waals surface area contributed by atoms with Crippen LogP contribution in [0.3, 0.4) is 0 Å². The fourth-order valence-electron chi connectivity index (χ4n) is 3.10. The van der Waals surface area contributed by atoms with Gasteiger partial charge < -0.3 is 9.73 Å². The van der Waals surface area contributed by atoms with E-state index in [9.17, 15) is 4.79 Å². The second-order valence-electron chi connectivity index (χ2n) is 6.89. The molecule has 0 saturated heterocycles. The lowest BCUT2D eigenvalue weighted by Crippen LogP contribution is -2.27. The van der Waals surface area contributed by atoms with Gasteiger partial charge in [0.1, 0.15) is 10.6 Å². The Balaban J connectivity index is 1.59. The molecule has 4 rings (SSSR count). The van der Waals surface area contributed by atoms with E-state index in [0.717, 1.165) is 25.9 Å². The molecule has 2 aromatic heterocycles. The topological polar surface area (TPSA) is 68.0 Å². The number of carbonyl (C=O) groups excluding carboxylic acids is 1. The predicted octanol–water partition coefficient (Wildman–Crippen LogP) is 5.68. The molecule has 1 atom stereocenters. The number of rotatable bonds is 6. The zero-order valence-electron chi connectivity index (χ0n) is 16.4. The van der Waals surface area contributed by atoms with Gasteiger partial charge in [0.25, 0.3) is 5.91 Å². The number of nitrogens with zero attached hydrogens (tertiary/aromatic N) is 2. The number of benzene rings is 2. The van der Waals surface area contributed by atoms with Crippen LogP contribution in [0.1, 0.15) is 45.2 Å². The summed E-state index contributed by atoms with van der Waals surface area (Å²) in [6.45, 7) is 5.95. The van der Waals surface area contributed by atoms with Crippen LogP contribution in [0, 0.1) is 13.8 Å². The number of nitrogens with one attached hydrogen (secondary N) is 1. The SMILES string of the molecule is Cc1ccc(C(C)NC(=O)c2oc3ccccc3c2CSc2nnc(C)s2)cc1. The second kappa shape index (κ2) is 8.39. The van der Waals surface area contributed by atoms with Crippen LogP contribution in [-0.4, -0.2) is 16.1 Å². The van der Waals surface area contributed by atoms with Crippen LogP contribution in [-0.2, 0) is 5.75 Å². The monoisotopic (exact) mass is 423 g/mol. The third-order valence-electron chi connectivity index (χ3n) is 4.68. The number of para-hydroxylation sites is 1. The van der Waals surface area contributed by atoms with Crippen LogP contribution in [0.15, 0.2) is 57.3 Å². The maximum Gasteiger partial charge on any atom is 0.287 e. The van der Waals surface area contributed by atoms with E-state index in [1.165, 1.54) is 5.56 Å². The van der Waals surface area contributed by atoms with Gasteiger partial charge >= 0.3 is 0 Å². The molecule has 0 spiro atoms. The van der Waals surface area contributed by atoms with Crippen molar-refractivity contribution in [3.63, 3.8) is 0 Å². The highest BCUT2D eigenvalue weighted by atomic mass is 32.2. The smallest absolute Gasteiger partial charge is 0.287 e. The largest absolute Gasteiger partial charge is 0.451 e. The normalized spacial score (nSPS) is 12.2. The van der Waals surface area contributed by atoms with Crippen molar-refractivity contribution >= 4 is 40.0 Å². The number of aromatic nitrogens is 2. The van der Waals surface area contributed by atoms with E-state index in [1.807, 2.05) is 69.3 Å². The van der Waals surface area contributed by atoms with Crippen LogP contribution >= 0.6 is 23.1 Å². The average Bonchev–Trinajstić information content (AvgIpc) is 3.30. The van der Waals surface area contributed by atoms with Gasteiger partial charge in [-0.25, -0.2) is 0 Å². The minimum Gasteiger partial charge on any atom is -0.451 e. The van der Waals surface area contributed by atoms with Gasteiger partial charge in [-0.3, -0.25) is 4.79 Å². The van der Waals surface area contributed by atoms with E-state index in [0.29, 0.717) is 17.1 Å². The van der Waals surface area contributed by atoms with Gasteiger partial charge in [-0.1, -0.05) is 71.1 Å². The Kier molecular flexibility index (Phi) is 5.69. The summed E-state index contributed by atoms with van der Waals surface area (Å²) >= 11 is 3.12. The zero-order chi connectivity index (χ0) is 20.4. The minimum absolute atomic E-state index is 0.123. The van der Waals surface area contributed by atoms with Crippen molar-refractivity contribution in [3.8, 4) is 0 Å². The Morgan fingerprint density at radius 1 is 1.14 bits per heavy atom. The summed E-state index contributed by atoms with van der Waals surface area (Å²) in [6.07, 6.45) is 0. The molecule has 2 heterocycles. The van der Waals surface area contributed by atoms with Crippen molar-refractivity contribution in [2.45, 2.75) is 36.9 Å². The predicted molar refractivity (Wildman–Crippen MR) is 117 cm³/mol. The van der Waals surface area contributed by atoms with Crippen molar-refractivity contribution in [3.05, 3.63) is 76.0 Å². The van der Waals surface area contributed by atoms with Gasteiger partial charge in [0.15, 0.2) is 10.1 Å². The van der Waals surface area contributed by atoms with E-state index >= 15 is 0 Å². The number of aryl methyl sites for hydroxylation is 2. The highest BCUT2D eigenvalue weighted by molar-refractivity contribution is 8.00. The van der Waals surface area contributed by atoms with Crippen LogP contribution in [0.2, 0.25) is 0 Å². The van der Waals surface area contributed by atoms with Crippen molar-refractivity contribution in [2.75, 3.05) is 0 Å². The minimum atomic E-state index is -0.210. The third-order valence-corrected chi connectivity index (χ3v) is 6.68.